The molecule has 1 saturated carbocycles. The molecule has 2 heteroatoms. The van der Waals surface area contributed by atoms with Crippen LogP contribution in [0.2, 0.25) is 0 Å². The highest BCUT2D eigenvalue weighted by molar-refractivity contribution is 5.87. The maximum absolute atomic E-state index is 13.1. The van der Waals surface area contributed by atoms with Gasteiger partial charge in [0, 0.05) is 12.3 Å². The second-order valence-electron chi connectivity index (χ2n) is 3.97. The number of carbonyl (C=O) groups is 1. The van der Waals surface area contributed by atoms with Gasteiger partial charge in [-0.05, 0) is 43.0 Å². The molecule has 0 saturated heterocycles. The third-order valence-electron chi connectivity index (χ3n) is 2.77. The summed E-state index contributed by atoms with van der Waals surface area (Å²) in [5, 5.41) is 0. The van der Waals surface area contributed by atoms with Crippen molar-refractivity contribution in [2.24, 2.45) is 0 Å². The molecule has 1 unspecified atom stereocenters. The van der Waals surface area contributed by atoms with Gasteiger partial charge in [0.25, 0.3) is 0 Å². The highest BCUT2D eigenvalue weighted by atomic mass is 19.1. The second kappa shape index (κ2) is 3.52. The Hall–Kier alpha value is -1.18. The Bertz CT molecular complexity index is 350. The van der Waals surface area contributed by atoms with Gasteiger partial charge in [-0.2, -0.15) is 0 Å². The summed E-state index contributed by atoms with van der Waals surface area (Å²) in [4.78, 5) is 11.5. The number of ketones is 1. The topological polar surface area (TPSA) is 17.1 Å². The molecule has 1 aliphatic rings. The number of rotatable bonds is 1. The molecular weight excluding hydrogens is 179 g/mol. The van der Waals surface area contributed by atoms with Crippen LogP contribution in [0, 0.1) is 12.7 Å². The SMILES string of the molecule is Cc1cc(F)cc(C2CCCC2=O)c1. The molecule has 1 aromatic rings. The monoisotopic (exact) mass is 192 g/mol. The zero-order valence-corrected chi connectivity index (χ0v) is 8.22. The van der Waals surface area contributed by atoms with Crippen molar-refractivity contribution in [2.75, 3.05) is 0 Å². The van der Waals surface area contributed by atoms with Gasteiger partial charge in [0.15, 0.2) is 0 Å². The summed E-state index contributed by atoms with van der Waals surface area (Å²) in [6.07, 6.45) is 2.47. The lowest BCUT2D eigenvalue weighted by molar-refractivity contribution is -0.118. The van der Waals surface area contributed by atoms with Crippen LogP contribution in [0.15, 0.2) is 18.2 Å². The maximum atomic E-state index is 13.1. The van der Waals surface area contributed by atoms with Gasteiger partial charge in [-0.25, -0.2) is 4.39 Å². The van der Waals surface area contributed by atoms with Crippen LogP contribution in [0.25, 0.3) is 0 Å². The van der Waals surface area contributed by atoms with Gasteiger partial charge in [-0.15, -0.1) is 0 Å². The van der Waals surface area contributed by atoms with E-state index in [1.165, 1.54) is 12.1 Å². The van der Waals surface area contributed by atoms with Crippen LogP contribution in [0.4, 0.5) is 4.39 Å². The van der Waals surface area contributed by atoms with Crippen molar-refractivity contribution in [3.63, 3.8) is 0 Å². The molecule has 0 heterocycles. The van der Waals surface area contributed by atoms with Crippen LogP contribution in [-0.2, 0) is 4.79 Å². The summed E-state index contributed by atoms with van der Waals surface area (Å²) in [7, 11) is 0. The van der Waals surface area contributed by atoms with E-state index in [2.05, 4.69) is 0 Å². The predicted octanol–water partition coefficient (Wildman–Crippen LogP) is 2.97. The molecule has 1 atom stereocenters. The molecule has 14 heavy (non-hydrogen) atoms. The molecular formula is C12H13FO. The minimum Gasteiger partial charge on any atom is -0.299 e. The molecule has 0 N–H and O–H groups in total. The van der Waals surface area contributed by atoms with E-state index in [-0.39, 0.29) is 17.5 Å². The minimum atomic E-state index is -0.236. The van der Waals surface area contributed by atoms with E-state index in [0.29, 0.717) is 6.42 Å². The van der Waals surface area contributed by atoms with Gasteiger partial charge < -0.3 is 0 Å². The van der Waals surface area contributed by atoms with Crippen LogP contribution in [-0.4, -0.2) is 5.78 Å². The Labute approximate surface area is 82.9 Å². The summed E-state index contributed by atoms with van der Waals surface area (Å²) in [6.45, 7) is 1.85. The zero-order chi connectivity index (χ0) is 10.1. The number of benzene rings is 1. The minimum absolute atomic E-state index is 0.0515. The van der Waals surface area contributed by atoms with Crippen molar-refractivity contribution >= 4 is 5.78 Å². The first-order valence-corrected chi connectivity index (χ1v) is 4.96. The number of hydrogen-bond acceptors (Lipinski definition) is 1. The molecule has 0 amide bonds. The first kappa shape index (κ1) is 9.38. The molecule has 0 radical (unpaired) electrons. The molecule has 1 nitrogen and oxygen atoms in total. The molecule has 74 valence electrons. The number of carbonyl (C=O) groups excluding carboxylic acids is 1. The fraction of sp³-hybridized carbons (Fsp3) is 0.417. The van der Waals surface area contributed by atoms with Crippen LogP contribution in [0.3, 0.4) is 0 Å². The highest BCUT2D eigenvalue weighted by Gasteiger charge is 2.26. The molecule has 0 bridgehead atoms. The van der Waals surface area contributed by atoms with Gasteiger partial charge in [-0.1, -0.05) is 6.07 Å². The lowest BCUT2D eigenvalue weighted by Gasteiger charge is -2.09. The Kier molecular flexibility index (Phi) is 2.36. The number of halogens is 1. The van der Waals surface area contributed by atoms with Crippen molar-refractivity contribution in [2.45, 2.75) is 32.1 Å². The van der Waals surface area contributed by atoms with E-state index >= 15 is 0 Å². The fourth-order valence-corrected chi connectivity index (χ4v) is 2.13. The molecule has 2 rings (SSSR count). The Balaban J connectivity index is 2.35. The summed E-state index contributed by atoms with van der Waals surface area (Å²) in [5.41, 5.74) is 1.74. The molecule has 0 aliphatic heterocycles. The lowest BCUT2D eigenvalue weighted by Crippen LogP contribution is -2.04. The van der Waals surface area contributed by atoms with Gasteiger partial charge in [0.1, 0.15) is 11.6 Å². The van der Waals surface area contributed by atoms with E-state index in [4.69, 9.17) is 0 Å². The van der Waals surface area contributed by atoms with Crippen LogP contribution >= 0.6 is 0 Å². The van der Waals surface area contributed by atoms with Crippen LogP contribution in [0.5, 0.6) is 0 Å². The summed E-state index contributed by atoms with van der Waals surface area (Å²) in [6, 6.07) is 4.89. The number of aryl methyl sites for hydroxylation is 1. The lowest BCUT2D eigenvalue weighted by atomic mass is 9.95. The van der Waals surface area contributed by atoms with Gasteiger partial charge in [-0.3, -0.25) is 4.79 Å². The molecule has 0 spiro atoms. The van der Waals surface area contributed by atoms with E-state index in [1.54, 1.807) is 0 Å². The van der Waals surface area contributed by atoms with Crippen molar-refractivity contribution in [1.29, 1.82) is 0 Å². The number of Topliss-reactive ketones (excluding diaryl/α,β-unsaturated/α-hetero) is 1. The van der Waals surface area contributed by atoms with Crippen LogP contribution < -0.4 is 0 Å². The smallest absolute Gasteiger partial charge is 0.140 e. The van der Waals surface area contributed by atoms with Gasteiger partial charge in [0.2, 0.25) is 0 Å². The average Bonchev–Trinajstić information content (AvgIpc) is 2.49. The van der Waals surface area contributed by atoms with E-state index < -0.39 is 0 Å². The van der Waals surface area contributed by atoms with E-state index in [1.807, 2.05) is 13.0 Å². The third kappa shape index (κ3) is 1.69. The maximum Gasteiger partial charge on any atom is 0.140 e. The first-order chi connectivity index (χ1) is 6.66. The van der Waals surface area contributed by atoms with Gasteiger partial charge >= 0.3 is 0 Å². The Morgan fingerprint density at radius 1 is 1.36 bits per heavy atom. The third-order valence-corrected chi connectivity index (χ3v) is 2.77. The predicted molar refractivity (Wildman–Crippen MR) is 52.7 cm³/mol. The highest BCUT2D eigenvalue weighted by Crippen LogP contribution is 2.31. The van der Waals surface area contributed by atoms with E-state index in [9.17, 15) is 9.18 Å². The van der Waals surface area contributed by atoms with Gasteiger partial charge in [0.05, 0.1) is 0 Å². The number of hydrogen-bond donors (Lipinski definition) is 0. The molecule has 1 aliphatic carbocycles. The molecule has 1 aromatic carbocycles. The Morgan fingerprint density at radius 2 is 2.14 bits per heavy atom. The van der Waals surface area contributed by atoms with Crippen molar-refractivity contribution in [3.8, 4) is 0 Å². The fourth-order valence-electron chi connectivity index (χ4n) is 2.13. The Morgan fingerprint density at radius 3 is 2.71 bits per heavy atom. The summed E-state index contributed by atoms with van der Waals surface area (Å²) in [5.74, 6) is -0.0286. The van der Waals surface area contributed by atoms with Crippen molar-refractivity contribution in [1.82, 2.24) is 0 Å². The van der Waals surface area contributed by atoms with Crippen molar-refractivity contribution in [3.05, 3.63) is 35.1 Å². The van der Waals surface area contributed by atoms with Crippen molar-refractivity contribution < 1.29 is 9.18 Å². The quantitative estimate of drug-likeness (QED) is 0.668. The standard InChI is InChI=1S/C12H13FO/c1-8-5-9(7-10(13)6-8)11-3-2-4-12(11)14/h5-7,11H,2-4H2,1H3. The summed E-state index contributed by atoms with van der Waals surface area (Å²) < 4.78 is 13.1. The zero-order valence-electron chi connectivity index (χ0n) is 8.22. The second-order valence-corrected chi connectivity index (χ2v) is 3.97. The van der Waals surface area contributed by atoms with Crippen LogP contribution in [0.1, 0.15) is 36.3 Å². The first-order valence-electron chi connectivity index (χ1n) is 4.96. The molecule has 1 fully saturated rings. The van der Waals surface area contributed by atoms with E-state index in [0.717, 1.165) is 24.0 Å². The summed E-state index contributed by atoms with van der Waals surface area (Å²) >= 11 is 0. The largest absolute Gasteiger partial charge is 0.299 e. The average molecular weight is 192 g/mol. The normalized spacial score (nSPS) is 21.6. The molecule has 0 aromatic heterocycles.